The van der Waals surface area contributed by atoms with E-state index in [4.69, 9.17) is 5.11 Å². The highest BCUT2D eigenvalue weighted by Gasteiger charge is 2.10. The number of amides is 1. The minimum atomic E-state index is -0.896. The van der Waals surface area contributed by atoms with Gasteiger partial charge < -0.3 is 10.4 Å². The maximum atomic E-state index is 11.5. The molecule has 98 valence electrons. The maximum absolute atomic E-state index is 11.5. The first kappa shape index (κ1) is 14.2. The van der Waals surface area contributed by atoms with Gasteiger partial charge in [0.2, 0.25) is 5.91 Å². The zero-order valence-corrected chi connectivity index (χ0v) is 10.6. The lowest BCUT2D eigenvalue weighted by Gasteiger charge is -2.11. The van der Waals surface area contributed by atoms with Gasteiger partial charge in [-0.2, -0.15) is 0 Å². The number of carboxylic acids is 1. The Morgan fingerprint density at radius 1 is 1.28 bits per heavy atom. The normalized spacial score (nSPS) is 11.8. The second-order valence-corrected chi connectivity index (χ2v) is 4.41. The smallest absolute Gasteiger partial charge is 0.305 e. The average Bonchev–Trinajstić information content (AvgIpc) is 2.29. The summed E-state index contributed by atoms with van der Waals surface area (Å²) < 4.78 is 0. The minimum absolute atomic E-state index is 0.0373. The van der Waals surface area contributed by atoms with Crippen molar-refractivity contribution in [2.75, 3.05) is 0 Å². The molecule has 1 amide bonds. The quantitative estimate of drug-likeness (QED) is 0.776. The predicted molar refractivity (Wildman–Crippen MR) is 69.2 cm³/mol. The molecule has 1 unspecified atom stereocenters. The van der Waals surface area contributed by atoms with Crippen molar-refractivity contribution in [1.82, 2.24) is 5.32 Å². The lowest BCUT2D eigenvalue weighted by Crippen LogP contribution is -2.34. The summed E-state index contributed by atoms with van der Waals surface area (Å²) in [5.41, 5.74) is 1.21. The molecular formula is C14H19NO3. The van der Waals surface area contributed by atoms with E-state index in [1.54, 1.807) is 6.92 Å². The van der Waals surface area contributed by atoms with Crippen LogP contribution in [0.2, 0.25) is 0 Å². The molecule has 0 aromatic heterocycles. The van der Waals surface area contributed by atoms with Gasteiger partial charge in [0.15, 0.2) is 0 Å². The third-order valence-electron chi connectivity index (χ3n) is 2.60. The molecule has 0 spiro atoms. The molecule has 0 aliphatic carbocycles. The number of hydrogen-bond donors (Lipinski definition) is 2. The van der Waals surface area contributed by atoms with Gasteiger partial charge in [-0.25, -0.2) is 0 Å². The van der Waals surface area contributed by atoms with Crippen molar-refractivity contribution in [3.05, 3.63) is 35.9 Å². The van der Waals surface area contributed by atoms with Gasteiger partial charge in [-0.15, -0.1) is 0 Å². The molecule has 0 heterocycles. The molecule has 1 rings (SSSR count). The molecule has 1 aromatic rings. The Balaban J connectivity index is 2.19. The number of carbonyl (C=O) groups is 2. The highest BCUT2D eigenvalue weighted by atomic mass is 16.4. The van der Waals surface area contributed by atoms with E-state index in [0.29, 0.717) is 6.42 Å². The van der Waals surface area contributed by atoms with E-state index in [0.717, 1.165) is 12.8 Å². The SMILES string of the molecule is CC(CC(=O)O)NC(=O)CCCc1ccccc1. The maximum Gasteiger partial charge on any atom is 0.305 e. The van der Waals surface area contributed by atoms with E-state index in [2.05, 4.69) is 5.32 Å². The lowest BCUT2D eigenvalue weighted by atomic mass is 10.1. The Bertz CT molecular complexity index is 389. The number of aliphatic carboxylic acids is 1. The first-order chi connectivity index (χ1) is 8.58. The number of nitrogens with one attached hydrogen (secondary N) is 1. The van der Waals surface area contributed by atoms with Crippen LogP contribution in [0, 0.1) is 0 Å². The van der Waals surface area contributed by atoms with E-state index in [1.807, 2.05) is 30.3 Å². The van der Waals surface area contributed by atoms with Crippen LogP contribution in [0.3, 0.4) is 0 Å². The van der Waals surface area contributed by atoms with Crippen molar-refractivity contribution in [3.63, 3.8) is 0 Å². The summed E-state index contributed by atoms with van der Waals surface area (Å²) in [5.74, 6) is -0.980. The van der Waals surface area contributed by atoms with Crippen LogP contribution in [0.25, 0.3) is 0 Å². The summed E-state index contributed by atoms with van der Waals surface area (Å²) >= 11 is 0. The zero-order chi connectivity index (χ0) is 13.4. The Labute approximate surface area is 107 Å². The molecule has 0 aliphatic rings. The van der Waals surface area contributed by atoms with Gasteiger partial charge >= 0.3 is 5.97 Å². The van der Waals surface area contributed by atoms with Gasteiger partial charge in [0.1, 0.15) is 0 Å². The van der Waals surface area contributed by atoms with Crippen molar-refractivity contribution >= 4 is 11.9 Å². The van der Waals surface area contributed by atoms with Gasteiger partial charge in [0.05, 0.1) is 6.42 Å². The largest absolute Gasteiger partial charge is 0.481 e. The fourth-order valence-electron chi connectivity index (χ4n) is 1.76. The van der Waals surface area contributed by atoms with Crippen LogP contribution in [0.1, 0.15) is 31.7 Å². The topological polar surface area (TPSA) is 66.4 Å². The number of carbonyl (C=O) groups excluding carboxylic acids is 1. The molecule has 0 fully saturated rings. The molecule has 2 N–H and O–H groups in total. The summed E-state index contributed by atoms with van der Waals surface area (Å²) in [6, 6.07) is 9.67. The molecule has 0 aliphatic heterocycles. The number of carboxylic acid groups (broad SMARTS) is 1. The van der Waals surface area contributed by atoms with E-state index in [9.17, 15) is 9.59 Å². The van der Waals surface area contributed by atoms with Crippen molar-refractivity contribution in [2.24, 2.45) is 0 Å². The number of benzene rings is 1. The standard InChI is InChI=1S/C14H19NO3/c1-11(10-14(17)18)15-13(16)9-5-8-12-6-3-2-4-7-12/h2-4,6-7,11H,5,8-10H2,1H3,(H,15,16)(H,17,18). The van der Waals surface area contributed by atoms with Gasteiger partial charge in [0.25, 0.3) is 0 Å². The van der Waals surface area contributed by atoms with Crippen LogP contribution in [0.4, 0.5) is 0 Å². The first-order valence-electron chi connectivity index (χ1n) is 6.13. The predicted octanol–water partition coefficient (Wildman–Crippen LogP) is 1.99. The van der Waals surface area contributed by atoms with Crippen LogP contribution in [-0.4, -0.2) is 23.0 Å². The van der Waals surface area contributed by atoms with Crippen LogP contribution < -0.4 is 5.32 Å². The fourth-order valence-corrected chi connectivity index (χ4v) is 1.76. The monoisotopic (exact) mass is 249 g/mol. The van der Waals surface area contributed by atoms with E-state index >= 15 is 0 Å². The average molecular weight is 249 g/mol. The van der Waals surface area contributed by atoms with Crippen LogP contribution in [0.15, 0.2) is 30.3 Å². The molecule has 1 atom stereocenters. The van der Waals surface area contributed by atoms with E-state index < -0.39 is 5.97 Å². The second-order valence-electron chi connectivity index (χ2n) is 4.41. The van der Waals surface area contributed by atoms with Crippen LogP contribution in [-0.2, 0) is 16.0 Å². The number of rotatable bonds is 7. The highest BCUT2D eigenvalue weighted by molar-refractivity contribution is 5.77. The molecular weight excluding hydrogens is 230 g/mol. The van der Waals surface area contributed by atoms with Gasteiger partial charge in [-0.3, -0.25) is 9.59 Å². The fraction of sp³-hybridized carbons (Fsp3) is 0.429. The molecule has 4 heteroatoms. The van der Waals surface area contributed by atoms with Crippen molar-refractivity contribution in [1.29, 1.82) is 0 Å². The van der Waals surface area contributed by atoms with Crippen LogP contribution >= 0.6 is 0 Å². The third kappa shape index (κ3) is 6.03. The summed E-state index contributed by atoms with van der Waals surface area (Å²) in [6.45, 7) is 1.70. The van der Waals surface area contributed by atoms with Crippen molar-refractivity contribution < 1.29 is 14.7 Å². The highest BCUT2D eigenvalue weighted by Crippen LogP contribution is 2.04. The van der Waals surface area contributed by atoms with E-state index in [1.165, 1.54) is 5.56 Å². The summed E-state index contributed by atoms with van der Waals surface area (Å²) in [5, 5.41) is 11.2. The molecule has 0 saturated heterocycles. The number of hydrogen-bond acceptors (Lipinski definition) is 2. The summed E-state index contributed by atoms with van der Waals surface area (Å²) in [7, 11) is 0. The Hall–Kier alpha value is -1.84. The van der Waals surface area contributed by atoms with Gasteiger partial charge in [0, 0.05) is 12.5 Å². The molecule has 0 radical (unpaired) electrons. The van der Waals surface area contributed by atoms with Crippen molar-refractivity contribution in [2.45, 2.75) is 38.6 Å². The van der Waals surface area contributed by atoms with Gasteiger partial charge in [-0.1, -0.05) is 30.3 Å². The first-order valence-corrected chi connectivity index (χ1v) is 6.13. The Morgan fingerprint density at radius 3 is 2.56 bits per heavy atom. The summed E-state index contributed by atoms with van der Waals surface area (Å²) in [6.07, 6.45) is 2.03. The Morgan fingerprint density at radius 2 is 1.94 bits per heavy atom. The second kappa shape index (κ2) is 7.48. The summed E-state index contributed by atoms with van der Waals surface area (Å²) in [4.78, 5) is 22.0. The molecule has 1 aromatic carbocycles. The third-order valence-corrected chi connectivity index (χ3v) is 2.60. The Kier molecular flexibility index (Phi) is 5.91. The number of aryl methyl sites for hydroxylation is 1. The molecule has 4 nitrogen and oxygen atoms in total. The minimum Gasteiger partial charge on any atom is -0.481 e. The van der Waals surface area contributed by atoms with Gasteiger partial charge in [-0.05, 0) is 25.3 Å². The van der Waals surface area contributed by atoms with Crippen LogP contribution in [0.5, 0.6) is 0 Å². The van der Waals surface area contributed by atoms with Crippen molar-refractivity contribution in [3.8, 4) is 0 Å². The lowest BCUT2D eigenvalue weighted by molar-refractivity contribution is -0.137. The molecule has 18 heavy (non-hydrogen) atoms. The van der Waals surface area contributed by atoms with E-state index in [-0.39, 0.29) is 18.4 Å². The molecule has 0 saturated carbocycles. The molecule has 0 bridgehead atoms. The zero-order valence-electron chi connectivity index (χ0n) is 10.6.